The van der Waals surface area contributed by atoms with Crippen LogP contribution < -0.4 is 20.2 Å². The lowest BCUT2D eigenvalue weighted by Gasteiger charge is -2.43. The number of ether oxygens (including phenoxy) is 1. The van der Waals surface area contributed by atoms with Gasteiger partial charge >= 0.3 is 11.7 Å². The van der Waals surface area contributed by atoms with Crippen LogP contribution in [0.3, 0.4) is 0 Å². The lowest BCUT2D eigenvalue weighted by atomic mass is 10.0. The van der Waals surface area contributed by atoms with Crippen LogP contribution in [0.15, 0.2) is 90.2 Å². The molecule has 6 aromatic rings. The molecule has 17 nitrogen and oxygen atoms in total. The van der Waals surface area contributed by atoms with E-state index >= 15 is 0 Å². The third-order valence-electron chi connectivity index (χ3n) is 14.7. The van der Waals surface area contributed by atoms with E-state index in [0.29, 0.717) is 73.1 Å². The molecule has 1 unspecified atom stereocenters. The van der Waals surface area contributed by atoms with Crippen molar-refractivity contribution in [3.63, 3.8) is 0 Å². The number of nitriles is 1. The molecular formula is C53H59ClN12O5. The summed E-state index contributed by atoms with van der Waals surface area (Å²) < 4.78 is 7.87. The highest BCUT2D eigenvalue weighted by molar-refractivity contribution is 6.36. The van der Waals surface area contributed by atoms with Gasteiger partial charge in [0.05, 0.1) is 47.0 Å². The second-order valence-corrected chi connectivity index (χ2v) is 19.4. The second-order valence-electron chi connectivity index (χ2n) is 19.0. The number of aryl methyl sites for hydroxylation is 1. The molecule has 2 aromatic heterocycles. The van der Waals surface area contributed by atoms with E-state index in [1.165, 1.54) is 16.7 Å². The number of phenols is 2. The standard InChI is InChI=1S/C53H59ClN12O5/c1-3-48(69)65-27-26-64(33-40(65)14-18-55)50-41-17-21-63(45-9-5-7-37-6-4-8-43(54)49(37)45)34-44(41)56-52(57-50)71-29-28-60-22-24-62(25-23-60)38-15-19-61(20-16-38)32-36-10-12-39(13-11-36)66-51(58-59-53(66)70)42-30-35(2)46(67)31-47(42)68/h3-13,30-31,38,40,67-68H,1,14-17,19-29,32-34H2,2H3,(H,59,70). The number of phenolic OH excluding ortho intramolecular Hbond substituents is 2. The molecule has 1 atom stereocenters. The van der Waals surface area contributed by atoms with Crippen molar-refractivity contribution in [3.8, 4) is 40.7 Å². The van der Waals surface area contributed by atoms with Crippen molar-refractivity contribution in [1.82, 2.24) is 44.3 Å². The monoisotopic (exact) mass is 978 g/mol. The van der Waals surface area contributed by atoms with Gasteiger partial charge in [0.2, 0.25) is 5.91 Å². The van der Waals surface area contributed by atoms with Gasteiger partial charge in [0, 0.05) is 94.2 Å². The Balaban J connectivity index is 0.742. The number of amides is 1. The average molecular weight is 980 g/mol. The first-order chi connectivity index (χ1) is 34.5. The van der Waals surface area contributed by atoms with Crippen molar-refractivity contribution in [1.29, 1.82) is 5.26 Å². The largest absolute Gasteiger partial charge is 0.508 e. The van der Waals surface area contributed by atoms with E-state index in [0.717, 1.165) is 111 Å². The number of piperidine rings is 1. The van der Waals surface area contributed by atoms with E-state index in [-0.39, 0.29) is 35.7 Å². The molecule has 0 aliphatic carbocycles. The summed E-state index contributed by atoms with van der Waals surface area (Å²) in [6.45, 7) is 16.2. The molecule has 3 fully saturated rings. The predicted octanol–water partition coefficient (Wildman–Crippen LogP) is 5.88. The number of aromatic amines is 1. The number of nitrogens with zero attached hydrogens (tertiary/aromatic N) is 11. The topological polar surface area (TPSA) is 186 Å². The quantitative estimate of drug-likeness (QED) is 0.117. The van der Waals surface area contributed by atoms with Gasteiger partial charge in [0.25, 0.3) is 0 Å². The molecule has 0 saturated carbocycles. The van der Waals surface area contributed by atoms with Crippen LogP contribution in [0.5, 0.6) is 17.5 Å². The molecule has 4 aromatic carbocycles. The number of fused-ring (bicyclic) bond motifs is 2. The van der Waals surface area contributed by atoms with Gasteiger partial charge in [0.1, 0.15) is 23.9 Å². The Morgan fingerprint density at radius 2 is 1.70 bits per heavy atom. The van der Waals surface area contributed by atoms with Gasteiger partial charge in [-0.3, -0.25) is 19.5 Å². The number of carbonyl (C=O) groups is 1. The number of rotatable bonds is 13. The number of H-pyrrole nitrogens is 1. The maximum absolute atomic E-state index is 12.8. The van der Waals surface area contributed by atoms with Crippen LogP contribution in [0.25, 0.3) is 27.8 Å². The van der Waals surface area contributed by atoms with E-state index in [4.69, 9.17) is 26.3 Å². The first-order valence-corrected chi connectivity index (χ1v) is 24.9. The van der Waals surface area contributed by atoms with Gasteiger partial charge in [-0.15, -0.1) is 0 Å². The summed E-state index contributed by atoms with van der Waals surface area (Å²) in [5.74, 6) is 0.724. The molecule has 71 heavy (non-hydrogen) atoms. The molecule has 368 valence electrons. The van der Waals surface area contributed by atoms with Gasteiger partial charge in [-0.05, 0) is 92.2 Å². The van der Waals surface area contributed by atoms with Crippen molar-refractivity contribution in [2.45, 2.75) is 57.8 Å². The molecule has 4 aliphatic rings. The number of anilines is 2. The van der Waals surface area contributed by atoms with Crippen molar-refractivity contribution < 1.29 is 19.7 Å². The molecular weight excluding hydrogens is 920 g/mol. The summed E-state index contributed by atoms with van der Waals surface area (Å²) >= 11 is 6.80. The molecule has 0 bridgehead atoms. The zero-order valence-electron chi connectivity index (χ0n) is 40.0. The Kier molecular flexibility index (Phi) is 14.0. The molecule has 6 heterocycles. The second kappa shape index (κ2) is 20.8. The van der Waals surface area contributed by atoms with Crippen LogP contribution in [0.2, 0.25) is 5.02 Å². The summed E-state index contributed by atoms with van der Waals surface area (Å²) in [6.07, 6.45) is 4.46. The van der Waals surface area contributed by atoms with Gasteiger partial charge in [0.15, 0.2) is 5.82 Å². The van der Waals surface area contributed by atoms with Gasteiger partial charge in [-0.25, -0.2) is 14.5 Å². The number of halogens is 1. The molecule has 0 radical (unpaired) electrons. The van der Waals surface area contributed by atoms with Crippen LogP contribution in [0, 0.1) is 18.3 Å². The van der Waals surface area contributed by atoms with Gasteiger partial charge in [-0.2, -0.15) is 20.3 Å². The minimum atomic E-state index is -0.417. The van der Waals surface area contributed by atoms with Crippen molar-refractivity contribution in [2.75, 3.05) is 88.4 Å². The third kappa shape index (κ3) is 10.0. The first kappa shape index (κ1) is 47.7. The predicted molar refractivity (Wildman–Crippen MR) is 273 cm³/mol. The summed E-state index contributed by atoms with van der Waals surface area (Å²) in [5, 5.41) is 39.8. The lowest BCUT2D eigenvalue weighted by Crippen LogP contribution is -2.55. The first-order valence-electron chi connectivity index (χ1n) is 24.5. The highest BCUT2D eigenvalue weighted by Gasteiger charge is 2.34. The molecule has 3 saturated heterocycles. The van der Waals surface area contributed by atoms with E-state index in [2.05, 4.69) is 71.6 Å². The zero-order valence-corrected chi connectivity index (χ0v) is 40.8. The van der Waals surface area contributed by atoms with Crippen LogP contribution in [-0.4, -0.2) is 151 Å². The maximum atomic E-state index is 12.8. The average Bonchev–Trinajstić information content (AvgIpc) is 3.77. The molecule has 0 spiro atoms. The minimum Gasteiger partial charge on any atom is -0.508 e. The molecule has 18 heteroatoms. The Morgan fingerprint density at radius 1 is 0.930 bits per heavy atom. The molecule has 4 aliphatic heterocycles. The number of aromatic hydroxyl groups is 2. The zero-order chi connectivity index (χ0) is 49.2. The SMILES string of the molecule is C=CC(=O)N1CCN(c2nc(OCCN3CCN(C4CCN(Cc5ccc(-n6c(-c7cc(C)c(O)cc7O)n[nH]c6=O)cc5)CC4)CC3)nc3c2CCN(c2cccc4cccc(Cl)c24)C3)CC1CC#N. The Labute approximate surface area is 417 Å². The number of aromatic nitrogens is 5. The molecule has 3 N–H and O–H groups in total. The third-order valence-corrected chi connectivity index (χ3v) is 15.0. The highest BCUT2D eigenvalue weighted by atomic mass is 35.5. The fraction of sp³-hybridized carbons (Fsp3) is 0.396. The Morgan fingerprint density at radius 3 is 2.46 bits per heavy atom. The van der Waals surface area contributed by atoms with Crippen LogP contribution >= 0.6 is 11.6 Å². The van der Waals surface area contributed by atoms with E-state index in [9.17, 15) is 25.1 Å². The van der Waals surface area contributed by atoms with E-state index in [1.54, 1.807) is 17.9 Å². The van der Waals surface area contributed by atoms with Gasteiger partial charge in [-0.1, -0.05) is 54.6 Å². The summed E-state index contributed by atoms with van der Waals surface area (Å²) in [4.78, 5) is 49.6. The van der Waals surface area contributed by atoms with E-state index in [1.807, 2.05) is 36.4 Å². The van der Waals surface area contributed by atoms with Crippen LogP contribution in [0.4, 0.5) is 11.5 Å². The normalized spacial score (nSPS) is 18.4. The minimum absolute atomic E-state index is 0.0303. The number of benzene rings is 4. The van der Waals surface area contributed by atoms with Gasteiger partial charge < -0.3 is 29.6 Å². The Bertz CT molecular complexity index is 3020. The fourth-order valence-corrected chi connectivity index (χ4v) is 11.1. The number of piperazine rings is 2. The maximum Gasteiger partial charge on any atom is 0.348 e. The van der Waals surface area contributed by atoms with E-state index < -0.39 is 5.69 Å². The van der Waals surface area contributed by atoms with Crippen molar-refractivity contribution >= 4 is 39.8 Å². The lowest BCUT2D eigenvalue weighted by molar-refractivity contribution is -0.128. The smallest absolute Gasteiger partial charge is 0.348 e. The number of nitrogens with one attached hydrogen (secondary N) is 1. The molecule has 10 rings (SSSR count). The summed E-state index contributed by atoms with van der Waals surface area (Å²) in [6, 6.07) is 25.9. The number of likely N-dealkylation sites (tertiary alicyclic amines) is 1. The van der Waals surface area contributed by atoms with Crippen LogP contribution in [0.1, 0.15) is 41.6 Å². The van der Waals surface area contributed by atoms with Crippen molar-refractivity contribution in [2.24, 2.45) is 0 Å². The number of hydrogen-bond acceptors (Lipinski definition) is 14. The molecule has 1 amide bonds. The Hall–Kier alpha value is -6.97. The summed E-state index contributed by atoms with van der Waals surface area (Å²) in [7, 11) is 0. The summed E-state index contributed by atoms with van der Waals surface area (Å²) in [5.41, 5.74) is 5.32. The highest BCUT2D eigenvalue weighted by Crippen LogP contribution is 2.38. The fourth-order valence-electron chi connectivity index (χ4n) is 10.8. The van der Waals surface area contributed by atoms with Crippen molar-refractivity contribution in [3.05, 3.63) is 123 Å². The number of carbonyl (C=O) groups excluding carboxylic acids is 1. The van der Waals surface area contributed by atoms with Crippen LogP contribution in [-0.2, 0) is 24.3 Å². The number of hydrogen-bond donors (Lipinski definition) is 3.